The summed E-state index contributed by atoms with van der Waals surface area (Å²) in [5.74, 6) is -1.44. The first-order valence-corrected chi connectivity index (χ1v) is 10.1. The Hall–Kier alpha value is -3.65. The molecule has 0 bridgehead atoms. The minimum atomic E-state index is -3.73. The number of rotatable bonds is 6. The maximum absolute atomic E-state index is 12.5. The predicted octanol–water partition coefficient (Wildman–Crippen LogP) is 3.75. The molecule has 0 unspecified atom stereocenters. The molecule has 0 radical (unpaired) electrons. The molecule has 3 aromatic carbocycles. The van der Waals surface area contributed by atoms with E-state index in [1.165, 1.54) is 48.5 Å². The van der Waals surface area contributed by atoms with Crippen molar-refractivity contribution in [1.29, 1.82) is 0 Å². The highest BCUT2D eigenvalue weighted by molar-refractivity contribution is 7.92. The van der Waals surface area contributed by atoms with E-state index in [4.69, 9.17) is 5.11 Å². The number of amides is 1. The van der Waals surface area contributed by atoms with Crippen LogP contribution in [-0.2, 0) is 10.0 Å². The highest BCUT2D eigenvalue weighted by Crippen LogP contribution is 2.21. The van der Waals surface area contributed by atoms with E-state index >= 15 is 0 Å². The van der Waals surface area contributed by atoms with E-state index < -0.39 is 21.9 Å². The molecular weight excluding hydrogens is 392 g/mol. The Balaban J connectivity index is 1.75. The number of aryl methyl sites for hydroxylation is 1. The number of hydrogen-bond acceptors (Lipinski definition) is 4. The fourth-order valence-electron chi connectivity index (χ4n) is 2.62. The number of carbonyl (C=O) groups excluding carboxylic acids is 1. The van der Waals surface area contributed by atoms with Crippen LogP contribution >= 0.6 is 0 Å². The molecule has 0 aliphatic heterocycles. The van der Waals surface area contributed by atoms with Crippen molar-refractivity contribution >= 4 is 33.3 Å². The quantitative estimate of drug-likeness (QED) is 0.573. The van der Waals surface area contributed by atoms with Gasteiger partial charge >= 0.3 is 5.97 Å². The zero-order chi connectivity index (χ0) is 21.0. The molecule has 148 valence electrons. The van der Waals surface area contributed by atoms with Crippen molar-refractivity contribution in [2.45, 2.75) is 11.8 Å². The molecule has 0 spiro atoms. The lowest BCUT2D eigenvalue weighted by molar-refractivity contribution is 0.0696. The monoisotopic (exact) mass is 410 g/mol. The molecule has 8 heteroatoms. The van der Waals surface area contributed by atoms with Crippen LogP contribution in [0.2, 0.25) is 0 Å². The lowest BCUT2D eigenvalue weighted by Crippen LogP contribution is -2.15. The molecule has 7 nitrogen and oxygen atoms in total. The number of anilines is 2. The third-order valence-corrected chi connectivity index (χ3v) is 5.56. The Morgan fingerprint density at radius 2 is 1.48 bits per heavy atom. The summed E-state index contributed by atoms with van der Waals surface area (Å²) < 4.78 is 27.4. The number of nitrogens with one attached hydrogen (secondary N) is 2. The Morgan fingerprint density at radius 1 is 0.862 bits per heavy atom. The smallest absolute Gasteiger partial charge is 0.335 e. The Morgan fingerprint density at radius 3 is 2.07 bits per heavy atom. The van der Waals surface area contributed by atoms with Crippen molar-refractivity contribution < 1.29 is 23.1 Å². The molecule has 0 aliphatic rings. The molecule has 0 fully saturated rings. The first-order valence-electron chi connectivity index (χ1n) is 8.59. The maximum Gasteiger partial charge on any atom is 0.335 e. The van der Waals surface area contributed by atoms with Gasteiger partial charge in [0.25, 0.3) is 15.9 Å². The van der Waals surface area contributed by atoms with Crippen molar-refractivity contribution in [2.75, 3.05) is 10.0 Å². The van der Waals surface area contributed by atoms with Gasteiger partial charge in [-0.3, -0.25) is 9.52 Å². The average molecular weight is 410 g/mol. The van der Waals surface area contributed by atoms with E-state index in [1.807, 2.05) is 0 Å². The normalized spacial score (nSPS) is 10.9. The lowest BCUT2D eigenvalue weighted by atomic mass is 10.1. The minimum absolute atomic E-state index is 0.119. The molecule has 29 heavy (non-hydrogen) atoms. The molecular formula is C21H18N2O5S. The van der Waals surface area contributed by atoms with Gasteiger partial charge in [0.1, 0.15) is 0 Å². The molecule has 3 aromatic rings. The molecule has 0 saturated heterocycles. The van der Waals surface area contributed by atoms with Crippen LogP contribution in [0.5, 0.6) is 0 Å². The van der Waals surface area contributed by atoms with Crippen molar-refractivity contribution in [1.82, 2.24) is 0 Å². The third-order valence-electron chi connectivity index (χ3n) is 4.18. The van der Waals surface area contributed by atoms with E-state index in [0.29, 0.717) is 22.5 Å². The molecule has 0 aromatic heterocycles. The number of benzene rings is 3. The second-order valence-electron chi connectivity index (χ2n) is 6.28. The van der Waals surface area contributed by atoms with Gasteiger partial charge in [-0.1, -0.05) is 18.2 Å². The van der Waals surface area contributed by atoms with Gasteiger partial charge in [-0.15, -0.1) is 0 Å². The first-order chi connectivity index (χ1) is 13.8. The Bertz CT molecular complexity index is 1160. The number of sulfonamides is 1. The van der Waals surface area contributed by atoms with Crippen LogP contribution < -0.4 is 10.0 Å². The van der Waals surface area contributed by atoms with Gasteiger partial charge in [0.2, 0.25) is 0 Å². The van der Waals surface area contributed by atoms with E-state index in [0.717, 1.165) is 0 Å². The van der Waals surface area contributed by atoms with Gasteiger partial charge in [0.05, 0.1) is 16.1 Å². The molecule has 0 saturated carbocycles. The molecule has 0 heterocycles. The number of carboxylic acids is 1. The first kappa shape index (κ1) is 20.1. The third kappa shape index (κ3) is 4.80. The highest BCUT2D eigenvalue weighted by atomic mass is 32.2. The van der Waals surface area contributed by atoms with Crippen LogP contribution in [-0.4, -0.2) is 25.4 Å². The summed E-state index contributed by atoms with van der Waals surface area (Å²) in [5.41, 5.74) is 1.86. The number of carbonyl (C=O) groups is 2. The lowest BCUT2D eigenvalue weighted by Gasteiger charge is -2.12. The highest BCUT2D eigenvalue weighted by Gasteiger charge is 2.16. The van der Waals surface area contributed by atoms with Crippen LogP contribution in [0.25, 0.3) is 0 Å². The van der Waals surface area contributed by atoms with Crippen LogP contribution in [0.15, 0.2) is 77.7 Å². The fraction of sp³-hybridized carbons (Fsp3) is 0.0476. The second-order valence-corrected chi connectivity index (χ2v) is 7.97. The summed E-state index contributed by atoms with van der Waals surface area (Å²) >= 11 is 0. The van der Waals surface area contributed by atoms with Crippen LogP contribution in [0.4, 0.5) is 11.4 Å². The standard InChI is InChI=1S/C21H18N2O5S/c1-14-13-16(20(24)22-17-10-7-15(8-11-17)21(25)26)9-12-19(14)23-29(27,28)18-5-3-2-4-6-18/h2-13,23H,1H3,(H,22,24)(H,25,26). The second kappa shape index (κ2) is 8.15. The van der Waals surface area contributed by atoms with E-state index in [2.05, 4.69) is 10.0 Å². The number of aromatic carboxylic acids is 1. The molecule has 1 amide bonds. The SMILES string of the molecule is Cc1cc(C(=O)Nc2ccc(C(=O)O)cc2)ccc1NS(=O)(=O)c1ccccc1. The minimum Gasteiger partial charge on any atom is -0.478 e. The van der Waals surface area contributed by atoms with Gasteiger partial charge in [-0.2, -0.15) is 0 Å². The summed E-state index contributed by atoms with van der Waals surface area (Å²) in [6.45, 7) is 1.70. The summed E-state index contributed by atoms with van der Waals surface area (Å²) in [6, 6.07) is 18.4. The van der Waals surface area contributed by atoms with Gasteiger partial charge in [-0.25, -0.2) is 13.2 Å². The summed E-state index contributed by atoms with van der Waals surface area (Å²) in [4.78, 5) is 23.5. The van der Waals surface area contributed by atoms with Gasteiger partial charge in [-0.05, 0) is 67.1 Å². The van der Waals surface area contributed by atoms with Gasteiger partial charge in [0, 0.05) is 11.3 Å². The van der Waals surface area contributed by atoms with Crippen molar-refractivity contribution in [3.8, 4) is 0 Å². The van der Waals surface area contributed by atoms with Crippen molar-refractivity contribution in [3.63, 3.8) is 0 Å². The molecule has 3 N–H and O–H groups in total. The van der Waals surface area contributed by atoms with Crippen LogP contribution in [0, 0.1) is 6.92 Å². The Kier molecular flexibility index (Phi) is 5.65. The van der Waals surface area contributed by atoms with E-state index in [9.17, 15) is 18.0 Å². The van der Waals surface area contributed by atoms with Crippen molar-refractivity contribution in [3.05, 3.63) is 89.5 Å². The summed E-state index contributed by atoms with van der Waals surface area (Å²) in [7, 11) is -3.73. The molecule has 0 aliphatic carbocycles. The van der Waals surface area contributed by atoms with E-state index in [-0.39, 0.29) is 10.5 Å². The van der Waals surface area contributed by atoms with Gasteiger partial charge in [0.15, 0.2) is 0 Å². The fourth-order valence-corrected chi connectivity index (χ4v) is 3.77. The van der Waals surface area contributed by atoms with Gasteiger partial charge < -0.3 is 10.4 Å². The average Bonchev–Trinajstić information content (AvgIpc) is 2.70. The van der Waals surface area contributed by atoms with Crippen molar-refractivity contribution in [2.24, 2.45) is 0 Å². The predicted molar refractivity (Wildman–Crippen MR) is 110 cm³/mol. The maximum atomic E-state index is 12.5. The number of hydrogen-bond donors (Lipinski definition) is 3. The zero-order valence-corrected chi connectivity index (χ0v) is 16.2. The zero-order valence-electron chi connectivity index (χ0n) is 15.4. The summed E-state index contributed by atoms with van der Waals surface area (Å²) in [5, 5.41) is 11.6. The van der Waals surface area contributed by atoms with Crippen LogP contribution in [0.1, 0.15) is 26.3 Å². The summed E-state index contributed by atoms with van der Waals surface area (Å²) in [6.07, 6.45) is 0. The Labute approximate surface area is 168 Å². The van der Waals surface area contributed by atoms with Crippen LogP contribution in [0.3, 0.4) is 0 Å². The largest absolute Gasteiger partial charge is 0.478 e. The topological polar surface area (TPSA) is 113 Å². The van der Waals surface area contributed by atoms with E-state index in [1.54, 1.807) is 31.2 Å². The molecule has 0 atom stereocenters. The molecule has 3 rings (SSSR count). The number of carboxylic acid groups (broad SMARTS) is 1.